The summed E-state index contributed by atoms with van der Waals surface area (Å²) in [5.74, 6) is 0.952. The van der Waals surface area contributed by atoms with E-state index in [-0.39, 0.29) is 12.5 Å². The van der Waals surface area contributed by atoms with Gasteiger partial charge in [-0.15, -0.1) is 10.2 Å². The van der Waals surface area contributed by atoms with E-state index in [9.17, 15) is 4.79 Å². The van der Waals surface area contributed by atoms with E-state index in [2.05, 4.69) is 15.4 Å². The van der Waals surface area contributed by atoms with Crippen molar-refractivity contribution in [3.63, 3.8) is 0 Å². The Morgan fingerprint density at radius 3 is 2.65 bits per heavy atom. The number of tetrazole rings is 1. The maximum Gasteiger partial charge on any atom is 0.246 e. The summed E-state index contributed by atoms with van der Waals surface area (Å²) in [4.78, 5) is 15.1. The number of benzene rings is 2. The van der Waals surface area contributed by atoms with Gasteiger partial charge in [0.05, 0.1) is 11.6 Å². The number of likely N-dealkylation sites (N-methyl/N-ethyl adjacent to an activating group) is 1. The first-order chi connectivity index (χ1) is 12.6. The number of hydrogen-bond acceptors (Lipinski definition) is 5. The molecule has 0 N–H and O–H groups in total. The summed E-state index contributed by atoms with van der Waals surface area (Å²) < 4.78 is 5.59. The Morgan fingerprint density at radius 1 is 1.15 bits per heavy atom. The van der Waals surface area contributed by atoms with E-state index in [0.29, 0.717) is 29.7 Å². The van der Waals surface area contributed by atoms with Crippen LogP contribution in [0, 0.1) is 0 Å². The topological polar surface area (TPSA) is 73.1 Å². The van der Waals surface area contributed by atoms with Crippen LogP contribution in [0.1, 0.15) is 0 Å². The lowest BCUT2D eigenvalue weighted by Crippen LogP contribution is -2.34. The third-order valence-corrected chi connectivity index (χ3v) is 4.02. The maximum atomic E-state index is 12.3. The molecule has 2 aromatic carbocycles. The van der Waals surface area contributed by atoms with Crippen LogP contribution in [0.5, 0.6) is 5.75 Å². The number of nitrogens with zero attached hydrogens (tertiary/aromatic N) is 5. The molecule has 0 aliphatic rings. The Kier molecular flexibility index (Phi) is 5.80. The van der Waals surface area contributed by atoms with Crippen molar-refractivity contribution in [1.82, 2.24) is 25.1 Å². The predicted octanol–water partition coefficient (Wildman–Crippen LogP) is 2.53. The molecule has 26 heavy (non-hydrogen) atoms. The predicted molar refractivity (Wildman–Crippen MR) is 97.8 cm³/mol. The monoisotopic (exact) mass is 371 g/mol. The quantitative estimate of drug-likeness (QED) is 0.638. The van der Waals surface area contributed by atoms with Gasteiger partial charge in [0.1, 0.15) is 18.9 Å². The van der Waals surface area contributed by atoms with Gasteiger partial charge in [-0.25, -0.2) is 0 Å². The molecule has 8 heteroatoms. The van der Waals surface area contributed by atoms with Gasteiger partial charge in [-0.1, -0.05) is 54.1 Å². The van der Waals surface area contributed by atoms with Crippen LogP contribution < -0.4 is 4.74 Å². The second-order valence-corrected chi connectivity index (χ2v) is 6.01. The van der Waals surface area contributed by atoms with E-state index >= 15 is 0 Å². The molecule has 0 aliphatic carbocycles. The van der Waals surface area contributed by atoms with E-state index in [4.69, 9.17) is 16.3 Å². The van der Waals surface area contributed by atoms with Gasteiger partial charge in [-0.2, -0.15) is 4.80 Å². The molecule has 0 spiro atoms. The number of rotatable bonds is 7. The van der Waals surface area contributed by atoms with Crippen LogP contribution in [0.4, 0.5) is 0 Å². The van der Waals surface area contributed by atoms with Crippen LogP contribution in [-0.2, 0) is 11.3 Å². The fraction of sp³-hybridized carbons (Fsp3) is 0.222. The summed E-state index contributed by atoms with van der Waals surface area (Å²) in [5, 5.41) is 12.7. The largest absolute Gasteiger partial charge is 0.490 e. The molecule has 0 saturated carbocycles. The van der Waals surface area contributed by atoms with Gasteiger partial charge < -0.3 is 9.64 Å². The van der Waals surface area contributed by atoms with Crippen molar-refractivity contribution in [2.75, 3.05) is 20.2 Å². The molecule has 0 unspecified atom stereocenters. The van der Waals surface area contributed by atoms with Crippen LogP contribution in [0.25, 0.3) is 11.4 Å². The smallest absolute Gasteiger partial charge is 0.246 e. The number of aromatic nitrogens is 4. The molecule has 0 atom stereocenters. The van der Waals surface area contributed by atoms with Crippen molar-refractivity contribution in [2.45, 2.75) is 6.54 Å². The van der Waals surface area contributed by atoms with E-state index in [1.807, 2.05) is 42.5 Å². The number of carbonyl (C=O) groups is 1. The van der Waals surface area contributed by atoms with Crippen LogP contribution >= 0.6 is 11.6 Å². The van der Waals surface area contributed by atoms with Gasteiger partial charge in [0.15, 0.2) is 0 Å². The number of hydrogen-bond donors (Lipinski definition) is 0. The van der Waals surface area contributed by atoms with Crippen molar-refractivity contribution in [3.05, 3.63) is 59.6 Å². The zero-order chi connectivity index (χ0) is 18.4. The molecule has 134 valence electrons. The highest BCUT2D eigenvalue weighted by molar-refractivity contribution is 6.32. The van der Waals surface area contributed by atoms with Gasteiger partial charge in [0, 0.05) is 12.6 Å². The van der Waals surface area contributed by atoms with Gasteiger partial charge in [0.25, 0.3) is 0 Å². The molecule has 7 nitrogen and oxygen atoms in total. The highest BCUT2D eigenvalue weighted by Crippen LogP contribution is 2.22. The minimum Gasteiger partial charge on any atom is -0.490 e. The van der Waals surface area contributed by atoms with Crippen LogP contribution in [0.2, 0.25) is 5.02 Å². The van der Waals surface area contributed by atoms with E-state index in [1.165, 1.54) is 4.80 Å². The molecular formula is C18H18ClN5O2. The Balaban J connectivity index is 1.50. The zero-order valence-corrected chi connectivity index (χ0v) is 15.0. The standard InChI is InChI=1S/C18H18ClN5O2/c1-23(11-12-26-16-10-6-5-9-15(16)19)17(25)13-24-21-18(20-22-24)14-7-3-2-4-8-14/h2-10H,11-13H2,1H3. The molecule has 1 heterocycles. The third-order valence-electron chi connectivity index (χ3n) is 3.71. The Morgan fingerprint density at radius 2 is 1.88 bits per heavy atom. The molecule has 0 fully saturated rings. The fourth-order valence-corrected chi connectivity index (χ4v) is 2.42. The van der Waals surface area contributed by atoms with Crippen molar-refractivity contribution < 1.29 is 9.53 Å². The summed E-state index contributed by atoms with van der Waals surface area (Å²) in [6.07, 6.45) is 0. The Bertz CT molecular complexity index is 869. The third kappa shape index (κ3) is 4.58. The molecule has 0 saturated heterocycles. The minimum atomic E-state index is -0.134. The average molecular weight is 372 g/mol. The maximum absolute atomic E-state index is 12.3. The number of ether oxygens (including phenoxy) is 1. The first kappa shape index (κ1) is 17.9. The second-order valence-electron chi connectivity index (χ2n) is 5.60. The molecule has 3 rings (SSSR count). The molecule has 0 bridgehead atoms. The minimum absolute atomic E-state index is 0.0163. The Labute approximate surface area is 156 Å². The molecule has 0 radical (unpaired) electrons. The first-order valence-corrected chi connectivity index (χ1v) is 8.46. The summed E-state index contributed by atoms with van der Waals surface area (Å²) in [5.41, 5.74) is 0.854. The van der Waals surface area contributed by atoms with Crippen molar-refractivity contribution in [1.29, 1.82) is 0 Å². The SMILES string of the molecule is CN(CCOc1ccccc1Cl)C(=O)Cn1nnc(-c2ccccc2)n1. The summed E-state index contributed by atoms with van der Waals surface area (Å²) >= 11 is 6.03. The highest BCUT2D eigenvalue weighted by Gasteiger charge is 2.13. The molecule has 1 amide bonds. The number of halogens is 1. The lowest BCUT2D eigenvalue weighted by Gasteiger charge is -2.17. The molecule has 3 aromatic rings. The average Bonchev–Trinajstić information content (AvgIpc) is 3.12. The summed E-state index contributed by atoms with van der Waals surface area (Å²) in [6.45, 7) is 0.777. The van der Waals surface area contributed by atoms with Gasteiger partial charge in [-0.05, 0) is 17.3 Å². The van der Waals surface area contributed by atoms with Crippen LogP contribution in [0.3, 0.4) is 0 Å². The van der Waals surface area contributed by atoms with Crippen molar-refractivity contribution in [3.8, 4) is 17.1 Å². The number of para-hydroxylation sites is 1. The summed E-state index contributed by atoms with van der Waals surface area (Å²) in [7, 11) is 1.70. The van der Waals surface area contributed by atoms with E-state index in [0.717, 1.165) is 5.56 Å². The van der Waals surface area contributed by atoms with Gasteiger partial charge >= 0.3 is 0 Å². The molecule has 1 aromatic heterocycles. The van der Waals surface area contributed by atoms with E-state index < -0.39 is 0 Å². The van der Waals surface area contributed by atoms with E-state index in [1.54, 1.807) is 24.1 Å². The van der Waals surface area contributed by atoms with Crippen molar-refractivity contribution in [2.24, 2.45) is 0 Å². The van der Waals surface area contributed by atoms with Crippen LogP contribution in [0.15, 0.2) is 54.6 Å². The second kappa shape index (κ2) is 8.44. The fourth-order valence-electron chi connectivity index (χ4n) is 2.23. The Hall–Kier alpha value is -2.93. The zero-order valence-electron chi connectivity index (χ0n) is 14.2. The number of carbonyl (C=O) groups excluding carboxylic acids is 1. The summed E-state index contributed by atoms with van der Waals surface area (Å²) in [6, 6.07) is 16.7. The molecular weight excluding hydrogens is 354 g/mol. The molecule has 0 aliphatic heterocycles. The van der Waals surface area contributed by atoms with Crippen molar-refractivity contribution >= 4 is 17.5 Å². The normalized spacial score (nSPS) is 10.5. The lowest BCUT2D eigenvalue weighted by atomic mass is 10.2. The van der Waals surface area contributed by atoms with Crippen LogP contribution in [-0.4, -0.2) is 51.2 Å². The number of amides is 1. The van der Waals surface area contributed by atoms with Gasteiger partial charge in [0.2, 0.25) is 11.7 Å². The van der Waals surface area contributed by atoms with Gasteiger partial charge in [-0.3, -0.25) is 4.79 Å². The lowest BCUT2D eigenvalue weighted by molar-refractivity contribution is -0.131. The first-order valence-electron chi connectivity index (χ1n) is 8.08. The highest BCUT2D eigenvalue weighted by atomic mass is 35.5.